The van der Waals surface area contributed by atoms with Crippen molar-refractivity contribution in [2.24, 2.45) is 0 Å². The molecule has 2 aromatic carbocycles. The SMILES string of the molecule is COC(=O)c1ccc(C2CN(C(=O)OCc3ccccc3)CCN2)c2ccn(C(=O)OC(C)(C)C)c12.Cl. The molecule has 1 amide bonds. The number of aromatic nitrogens is 1. The topological polar surface area (TPSA) is 99.1 Å². The van der Waals surface area contributed by atoms with E-state index >= 15 is 0 Å². The molecule has 1 aromatic heterocycles. The van der Waals surface area contributed by atoms with Gasteiger partial charge in [0.25, 0.3) is 0 Å². The number of methoxy groups -OCH3 is 1. The predicted molar refractivity (Wildman–Crippen MR) is 141 cm³/mol. The number of carbonyl (C=O) groups is 3. The summed E-state index contributed by atoms with van der Waals surface area (Å²) < 4.78 is 17.3. The lowest BCUT2D eigenvalue weighted by molar-refractivity contribution is 0.0544. The quantitative estimate of drug-likeness (QED) is 0.378. The van der Waals surface area contributed by atoms with Crippen molar-refractivity contribution in [1.82, 2.24) is 14.8 Å². The van der Waals surface area contributed by atoms with E-state index < -0.39 is 17.7 Å². The van der Waals surface area contributed by atoms with Crippen LogP contribution in [0, 0.1) is 0 Å². The number of esters is 1. The van der Waals surface area contributed by atoms with Gasteiger partial charge in [0.1, 0.15) is 12.2 Å². The summed E-state index contributed by atoms with van der Waals surface area (Å²) in [5.41, 5.74) is 1.71. The summed E-state index contributed by atoms with van der Waals surface area (Å²) in [6.07, 6.45) is 0.602. The fraction of sp³-hybridized carbons (Fsp3) is 0.370. The van der Waals surface area contributed by atoms with Gasteiger partial charge in [-0.05, 0) is 44.0 Å². The average Bonchev–Trinajstić information content (AvgIpc) is 3.31. The highest BCUT2D eigenvalue weighted by Gasteiger charge is 2.29. The van der Waals surface area contributed by atoms with Gasteiger partial charge in [-0.1, -0.05) is 36.4 Å². The molecule has 1 atom stereocenters. The van der Waals surface area contributed by atoms with Crippen LogP contribution in [0.1, 0.15) is 48.3 Å². The van der Waals surface area contributed by atoms with Crippen LogP contribution in [0.5, 0.6) is 0 Å². The van der Waals surface area contributed by atoms with Crippen LogP contribution >= 0.6 is 12.4 Å². The summed E-state index contributed by atoms with van der Waals surface area (Å²) >= 11 is 0. The first kappa shape index (κ1) is 28.0. The van der Waals surface area contributed by atoms with Crippen LogP contribution in [-0.4, -0.2) is 60.0 Å². The number of piperazine rings is 1. The maximum atomic E-state index is 12.9. The van der Waals surface area contributed by atoms with Gasteiger partial charge in [0.05, 0.1) is 24.2 Å². The molecule has 9 nitrogen and oxygen atoms in total. The van der Waals surface area contributed by atoms with Crippen molar-refractivity contribution >= 4 is 41.5 Å². The van der Waals surface area contributed by atoms with Gasteiger partial charge in [0.15, 0.2) is 0 Å². The monoisotopic (exact) mass is 529 g/mol. The first-order valence-electron chi connectivity index (χ1n) is 11.8. The van der Waals surface area contributed by atoms with E-state index in [9.17, 15) is 14.4 Å². The molecule has 1 N–H and O–H groups in total. The maximum Gasteiger partial charge on any atom is 0.419 e. The summed E-state index contributed by atoms with van der Waals surface area (Å²) in [6, 6.07) is 14.5. The molecule has 1 unspecified atom stereocenters. The Kier molecular flexibility index (Phi) is 8.83. The van der Waals surface area contributed by atoms with E-state index in [0.717, 1.165) is 11.1 Å². The van der Waals surface area contributed by atoms with Gasteiger partial charge < -0.3 is 24.4 Å². The second-order valence-corrected chi connectivity index (χ2v) is 9.62. The minimum Gasteiger partial charge on any atom is -0.465 e. The number of carbonyl (C=O) groups excluding carboxylic acids is 3. The minimum atomic E-state index is -0.706. The number of nitrogens with zero attached hydrogens (tertiary/aromatic N) is 2. The Morgan fingerprint density at radius 1 is 1.03 bits per heavy atom. The van der Waals surface area contributed by atoms with Crippen molar-refractivity contribution < 1.29 is 28.6 Å². The van der Waals surface area contributed by atoms with Crippen molar-refractivity contribution in [3.63, 3.8) is 0 Å². The van der Waals surface area contributed by atoms with E-state index in [1.165, 1.54) is 11.7 Å². The zero-order valence-corrected chi connectivity index (χ0v) is 22.2. The number of nitrogens with one attached hydrogen (secondary N) is 1. The molecular weight excluding hydrogens is 498 g/mol. The molecule has 2 heterocycles. The highest BCUT2D eigenvalue weighted by atomic mass is 35.5. The lowest BCUT2D eigenvalue weighted by atomic mass is 9.98. The number of fused-ring (bicyclic) bond motifs is 1. The third kappa shape index (κ3) is 6.42. The zero-order chi connectivity index (χ0) is 25.9. The number of hydrogen-bond donors (Lipinski definition) is 1. The van der Waals surface area contributed by atoms with Crippen molar-refractivity contribution in [3.8, 4) is 0 Å². The van der Waals surface area contributed by atoms with Crippen LogP contribution < -0.4 is 5.32 Å². The largest absolute Gasteiger partial charge is 0.465 e. The smallest absolute Gasteiger partial charge is 0.419 e. The normalized spacial score (nSPS) is 15.6. The lowest BCUT2D eigenvalue weighted by Gasteiger charge is -2.33. The summed E-state index contributed by atoms with van der Waals surface area (Å²) in [4.78, 5) is 39.9. The zero-order valence-electron chi connectivity index (χ0n) is 21.4. The van der Waals surface area contributed by atoms with E-state index in [0.29, 0.717) is 30.5 Å². The second-order valence-electron chi connectivity index (χ2n) is 9.62. The third-order valence-corrected chi connectivity index (χ3v) is 5.89. The molecule has 198 valence electrons. The lowest BCUT2D eigenvalue weighted by Crippen LogP contribution is -2.48. The Balaban J connectivity index is 0.00000380. The fourth-order valence-corrected chi connectivity index (χ4v) is 4.26. The molecular formula is C27H32ClN3O6. The Labute approximate surface area is 222 Å². The van der Waals surface area contributed by atoms with Crippen LogP contribution in [0.4, 0.5) is 9.59 Å². The molecule has 1 saturated heterocycles. The average molecular weight is 530 g/mol. The maximum absolute atomic E-state index is 12.9. The fourth-order valence-electron chi connectivity index (χ4n) is 4.26. The summed E-state index contributed by atoms with van der Waals surface area (Å²) in [5.74, 6) is -0.558. The molecule has 0 radical (unpaired) electrons. The molecule has 0 aliphatic carbocycles. The van der Waals surface area contributed by atoms with Gasteiger partial charge in [-0.3, -0.25) is 4.57 Å². The Bertz CT molecular complexity index is 1270. The molecule has 1 fully saturated rings. The highest BCUT2D eigenvalue weighted by molar-refractivity contribution is 6.07. The first-order valence-corrected chi connectivity index (χ1v) is 11.8. The van der Waals surface area contributed by atoms with E-state index in [1.54, 1.807) is 44.0 Å². The standard InChI is InChI=1S/C27H31N3O6.ClH/c1-27(2,3)36-26(33)30-14-12-20-19(10-11-21(23(20)30)24(31)34-4)22-16-29(15-13-28-22)25(32)35-17-18-8-6-5-7-9-18;/h5-12,14,22,28H,13,15-17H2,1-4H3;1H. The van der Waals surface area contributed by atoms with Gasteiger partial charge >= 0.3 is 18.2 Å². The third-order valence-electron chi connectivity index (χ3n) is 5.89. The van der Waals surface area contributed by atoms with Crippen molar-refractivity contribution in [1.29, 1.82) is 0 Å². The molecule has 1 aliphatic rings. The van der Waals surface area contributed by atoms with Gasteiger partial charge in [-0.15, -0.1) is 12.4 Å². The molecule has 37 heavy (non-hydrogen) atoms. The second kappa shape index (κ2) is 11.7. The van der Waals surface area contributed by atoms with Crippen molar-refractivity contribution in [2.45, 2.75) is 39.0 Å². The predicted octanol–water partition coefficient (Wildman–Crippen LogP) is 4.92. The van der Waals surface area contributed by atoms with Crippen LogP contribution in [0.3, 0.4) is 0 Å². The van der Waals surface area contributed by atoms with Crippen LogP contribution in [0.15, 0.2) is 54.7 Å². The minimum absolute atomic E-state index is 0. The highest BCUT2D eigenvalue weighted by Crippen LogP contribution is 2.31. The van der Waals surface area contributed by atoms with E-state index in [1.807, 2.05) is 36.4 Å². The first-order chi connectivity index (χ1) is 17.2. The molecule has 10 heteroatoms. The number of benzene rings is 2. The van der Waals surface area contributed by atoms with Crippen molar-refractivity contribution in [2.75, 3.05) is 26.7 Å². The number of hydrogen-bond acceptors (Lipinski definition) is 7. The number of ether oxygens (including phenoxy) is 3. The van der Waals surface area contributed by atoms with Gasteiger partial charge in [0.2, 0.25) is 0 Å². The summed E-state index contributed by atoms with van der Waals surface area (Å²) in [7, 11) is 1.30. The van der Waals surface area contributed by atoms with E-state index in [4.69, 9.17) is 14.2 Å². The molecule has 0 bridgehead atoms. The van der Waals surface area contributed by atoms with Crippen LogP contribution in [0.2, 0.25) is 0 Å². The molecule has 1 aliphatic heterocycles. The molecule has 0 saturated carbocycles. The van der Waals surface area contributed by atoms with E-state index in [2.05, 4.69) is 5.32 Å². The molecule has 4 rings (SSSR count). The van der Waals surface area contributed by atoms with Gasteiger partial charge in [-0.2, -0.15) is 0 Å². The Morgan fingerprint density at radius 2 is 1.76 bits per heavy atom. The number of rotatable bonds is 4. The Hall–Kier alpha value is -3.56. The molecule has 3 aromatic rings. The molecule has 0 spiro atoms. The van der Waals surface area contributed by atoms with Gasteiger partial charge in [0, 0.05) is 31.2 Å². The van der Waals surface area contributed by atoms with Crippen LogP contribution in [0.25, 0.3) is 10.9 Å². The summed E-state index contributed by atoms with van der Waals surface area (Å²) in [5, 5.41) is 4.13. The van der Waals surface area contributed by atoms with Crippen LogP contribution in [-0.2, 0) is 20.8 Å². The van der Waals surface area contributed by atoms with Gasteiger partial charge in [-0.25, -0.2) is 14.4 Å². The summed E-state index contributed by atoms with van der Waals surface area (Å²) in [6.45, 7) is 6.98. The van der Waals surface area contributed by atoms with Crippen molar-refractivity contribution in [3.05, 3.63) is 71.4 Å². The number of halogens is 1. The Morgan fingerprint density at radius 3 is 2.43 bits per heavy atom. The number of amides is 1. The van der Waals surface area contributed by atoms with E-state index in [-0.39, 0.29) is 36.7 Å².